The zero-order valence-corrected chi connectivity index (χ0v) is 16.0. The van der Waals surface area contributed by atoms with E-state index in [1.54, 1.807) is 0 Å². The molecule has 0 spiro atoms. The van der Waals surface area contributed by atoms with Gasteiger partial charge in [-0.2, -0.15) is 0 Å². The van der Waals surface area contributed by atoms with Crippen molar-refractivity contribution >= 4 is 24.2 Å². The second-order valence-electron chi connectivity index (χ2n) is 7.13. The fourth-order valence-electron chi connectivity index (χ4n) is 3.69. The molecule has 0 bridgehead atoms. The number of carbonyl (C=O) groups is 2. The number of halogens is 1. The molecule has 140 valence electrons. The van der Waals surface area contributed by atoms with Crippen LogP contribution in [0.15, 0.2) is 0 Å². The van der Waals surface area contributed by atoms with E-state index in [1.165, 1.54) is 0 Å². The highest BCUT2D eigenvalue weighted by Crippen LogP contribution is 2.20. The van der Waals surface area contributed by atoms with Gasteiger partial charge in [-0.05, 0) is 44.1 Å². The van der Waals surface area contributed by atoms with E-state index < -0.39 is 0 Å². The van der Waals surface area contributed by atoms with E-state index >= 15 is 0 Å². The summed E-state index contributed by atoms with van der Waals surface area (Å²) in [6, 6.07) is -0.00816. The summed E-state index contributed by atoms with van der Waals surface area (Å²) in [4.78, 5) is 26.5. The predicted molar refractivity (Wildman–Crippen MR) is 99.3 cm³/mol. The zero-order valence-electron chi connectivity index (χ0n) is 15.2. The average Bonchev–Trinajstić information content (AvgIpc) is 3.12. The van der Waals surface area contributed by atoms with Crippen LogP contribution >= 0.6 is 12.4 Å². The Balaban J connectivity index is 0.00000288. The molecule has 2 fully saturated rings. The normalized spacial score (nSPS) is 23.9. The molecule has 5 nitrogen and oxygen atoms in total. The van der Waals surface area contributed by atoms with Gasteiger partial charge in [-0.3, -0.25) is 9.59 Å². The molecule has 2 aliphatic heterocycles. The molecule has 2 amide bonds. The first-order valence-corrected chi connectivity index (χ1v) is 9.42. The van der Waals surface area contributed by atoms with E-state index in [4.69, 9.17) is 0 Å². The number of hydrogen-bond acceptors (Lipinski definition) is 3. The van der Waals surface area contributed by atoms with Gasteiger partial charge in [0.25, 0.3) is 0 Å². The average molecular weight is 360 g/mol. The van der Waals surface area contributed by atoms with Crippen LogP contribution in [0.2, 0.25) is 0 Å². The Hall–Kier alpha value is -0.810. The Bertz CT molecular complexity index is 396. The van der Waals surface area contributed by atoms with Crippen LogP contribution in [-0.4, -0.2) is 48.9 Å². The minimum Gasteiger partial charge on any atom is -0.354 e. The van der Waals surface area contributed by atoms with Crippen LogP contribution in [0.3, 0.4) is 0 Å². The van der Waals surface area contributed by atoms with E-state index in [0.29, 0.717) is 30.7 Å². The number of amides is 2. The number of rotatable bonds is 7. The summed E-state index contributed by atoms with van der Waals surface area (Å²) >= 11 is 0. The number of likely N-dealkylation sites (tertiary alicyclic amines) is 1. The van der Waals surface area contributed by atoms with E-state index in [2.05, 4.69) is 24.5 Å². The SMILES string of the molecule is CCC(CC)CC(=O)N1CCCC(CNC(=O)C2CCCN2)C1.Cl. The Labute approximate surface area is 152 Å². The van der Waals surface area contributed by atoms with Crippen LogP contribution in [0.5, 0.6) is 0 Å². The van der Waals surface area contributed by atoms with Gasteiger partial charge >= 0.3 is 0 Å². The lowest BCUT2D eigenvalue weighted by atomic mass is 9.95. The maximum absolute atomic E-state index is 12.4. The first-order chi connectivity index (χ1) is 11.1. The summed E-state index contributed by atoms with van der Waals surface area (Å²) in [5.74, 6) is 1.34. The van der Waals surface area contributed by atoms with Crippen LogP contribution < -0.4 is 10.6 Å². The third-order valence-electron chi connectivity index (χ3n) is 5.43. The lowest BCUT2D eigenvalue weighted by Gasteiger charge is -2.34. The number of hydrogen-bond donors (Lipinski definition) is 2. The van der Waals surface area contributed by atoms with Gasteiger partial charge in [0, 0.05) is 26.1 Å². The molecule has 0 aliphatic carbocycles. The molecule has 24 heavy (non-hydrogen) atoms. The molecule has 2 unspecified atom stereocenters. The molecule has 2 N–H and O–H groups in total. The number of piperidine rings is 1. The summed E-state index contributed by atoms with van der Waals surface area (Å²) in [7, 11) is 0. The van der Waals surface area contributed by atoms with Crippen molar-refractivity contribution < 1.29 is 9.59 Å². The summed E-state index contributed by atoms with van der Waals surface area (Å²) < 4.78 is 0. The van der Waals surface area contributed by atoms with Gasteiger partial charge in [0.15, 0.2) is 0 Å². The predicted octanol–water partition coefficient (Wildman–Crippen LogP) is 2.34. The molecule has 6 heteroatoms. The molecule has 2 heterocycles. The van der Waals surface area contributed by atoms with Crippen LogP contribution in [0.1, 0.15) is 58.8 Å². The highest BCUT2D eigenvalue weighted by molar-refractivity contribution is 5.85. The van der Waals surface area contributed by atoms with Gasteiger partial charge in [-0.1, -0.05) is 26.7 Å². The molecule has 0 aromatic heterocycles. The molecular formula is C18H34ClN3O2. The van der Waals surface area contributed by atoms with Gasteiger partial charge < -0.3 is 15.5 Å². The van der Waals surface area contributed by atoms with Crippen LogP contribution in [0.25, 0.3) is 0 Å². The molecule has 2 aliphatic rings. The molecule has 0 saturated carbocycles. The maximum Gasteiger partial charge on any atom is 0.237 e. The lowest BCUT2D eigenvalue weighted by molar-refractivity contribution is -0.134. The van der Waals surface area contributed by atoms with Crippen LogP contribution in [-0.2, 0) is 9.59 Å². The molecule has 0 aromatic carbocycles. The van der Waals surface area contributed by atoms with E-state index in [-0.39, 0.29) is 24.4 Å². The van der Waals surface area contributed by atoms with Gasteiger partial charge in [0.1, 0.15) is 0 Å². The number of nitrogens with zero attached hydrogens (tertiary/aromatic N) is 1. The number of carbonyl (C=O) groups excluding carboxylic acids is 2. The first kappa shape index (κ1) is 21.2. The third-order valence-corrected chi connectivity index (χ3v) is 5.43. The molecule has 0 radical (unpaired) electrons. The fourth-order valence-corrected chi connectivity index (χ4v) is 3.69. The van der Waals surface area contributed by atoms with Crippen molar-refractivity contribution in [2.24, 2.45) is 11.8 Å². The summed E-state index contributed by atoms with van der Waals surface area (Å²) in [5.41, 5.74) is 0. The van der Waals surface area contributed by atoms with Crippen molar-refractivity contribution in [1.82, 2.24) is 15.5 Å². The van der Waals surface area contributed by atoms with Gasteiger partial charge in [0.05, 0.1) is 6.04 Å². The first-order valence-electron chi connectivity index (χ1n) is 9.42. The van der Waals surface area contributed by atoms with Crippen molar-refractivity contribution in [3.8, 4) is 0 Å². The summed E-state index contributed by atoms with van der Waals surface area (Å²) in [5, 5.41) is 6.31. The standard InChI is InChI=1S/C18H33N3O2.ClH/c1-3-14(4-2)11-17(22)21-10-6-7-15(13-21)12-20-18(23)16-8-5-9-19-16;/h14-16,19H,3-13H2,1-2H3,(H,20,23);1H. The molecular weight excluding hydrogens is 326 g/mol. The molecule has 0 aromatic rings. The number of nitrogens with one attached hydrogen (secondary N) is 2. The van der Waals surface area contributed by atoms with E-state index in [1.807, 2.05) is 4.90 Å². The third kappa shape index (κ3) is 6.25. The van der Waals surface area contributed by atoms with Gasteiger partial charge in [0.2, 0.25) is 11.8 Å². The molecule has 2 saturated heterocycles. The Morgan fingerprint density at radius 3 is 2.58 bits per heavy atom. The molecule has 2 rings (SSSR count). The van der Waals surface area contributed by atoms with E-state index in [0.717, 1.165) is 58.2 Å². The monoisotopic (exact) mass is 359 g/mol. The van der Waals surface area contributed by atoms with Gasteiger partial charge in [-0.25, -0.2) is 0 Å². The second-order valence-corrected chi connectivity index (χ2v) is 7.13. The minimum atomic E-state index is -0.00816. The largest absolute Gasteiger partial charge is 0.354 e. The fraction of sp³-hybridized carbons (Fsp3) is 0.889. The van der Waals surface area contributed by atoms with Crippen LogP contribution in [0, 0.1) is 11.8 Å². The van der Waals surface area contributed by atoms with Crippen molar-refractivity contribution in [3.63, 3.8) is 0 Å². The quantitative estimate of drug-likeness (QED) is 0.733. The second kappa shape index (κ2) is 10.9. The van der Waals surface area contributed by atoms with Gasteiger partial charge in [-0.15, -0.1) is 12.4 Å². The van der Waals surface area contributed by atoms with Crippen molar-refractivity contribution in [2.45, 2.75) is 64.8 Å². The van der Waals surface area contributed by atoms with Crippen molar-refractivity contribution in [3.05, 3.63) is 0 Å². The Kier molecular flexibility index (Phi) is 9.67. The summed E-state index contributed by atoms with van der Waals surface area (Å²) in [6.07, 6.45) is 7.01. The summed E-state index contributed by atoms with van der Waals surface area (Å²) in [6.45, 7) is 7.65. The minimum absolute atomic E-state index is 0. The Morgan fingerprint density at radius 1 is 1.21 bits per heavy atom. The van der Waals surface area contributed by atoms with Crippen LogP contribution in [0.4, 0.5) is 0 Å². The van der Waals surface area contributed by atoms with Crippen molar-refractivity contribution in [1.29, 1.82) is 0 Å². The maximum atomic E-state index is 12.4. The smallest absolute Gasteiger partial charge is 0.237 e. The highest BCUT2D eigenvalue weighted by Gasteiger charge is 2.27. The zero-order chi connectivity index (χ0) is 16.7. The highest BCUT2D eigenvalue weighted by atomic mass is 35.5. The Morgan fingerprint density at radius 2 is 1.96 bits per heavy atom. The molecule has 2 atom stereocenters. The van der Waals surface area contributed by atoms with Crippen molar-refractivity contribution in [2.75, 3.05) is 26.2 Å². The topological polar surface area (TPSA) is 61.4 Å². The lowest BCUT2D eigenvalue weighted by Crippen LogP contribution is -2.47. The van der Waals surface area contributed by atoms with E-state index in [9.17, 15) is 9.59 Å².